The number of ether oxygens (including phenoxy) is 2. The first-order valence-corrected chi connectivity index (χ1v) is 6.49. The summed E-state index contributed by atoms with van der Waals surface area (Å²) in [5.41, 5.74) is 0.603. The molecule has 1 amide bonds. The second-order valence-electron chi connectivity index (χ2n) is 4.49. The number of halogens is 2. The van der Waals surface area contributed by atoms with Crippen LogP contribution in [0, 0.1) is 11.6 Å². The van der Waals surface area contributed by atoms with Gasteiger partial charge in [-0.05, 0) is 18.2 Å². The Bertz CT molecular complexity index is 669. The predicted octanol–water partition coefficient (Wildman–Crippen LogP) is 2.91. The van der Waals surface area contributed by atoms with Gasteiger partial charge in [0, 0.05) is 23.7 Å². The Kier molecular flexibility index (Phi) is 4.93. The normalized spacial score (nSPS) is 10.2. The summed E-state index contributed by atoms with van der Waals surface area (Å²) in [4.78, 5) is 12.0. The van der Waals surface area contributed by atoms with E-state index in [9.17, 15) is 13.6 Å². The maximum atomic E-state index is 13.1. The van der Waals surface area contributed by atoms with Crippen LogP contribution in [0.2, 0.25) is 0 Å². The highest BCUT2D eigenvalue weighted by atomic mass is 19.1. The Morgan fingerprint density at radius 3 is 2.36 bits per heavy atom. The van der Waals surface area contributed by atoms with Crippen LogP contribution in [0.4, 0.5) is 8.78 Å². The molecule has 1 N–H and O–H groups in total. The van der Waals surface area contributed by atoms with Crippen molar-refractivity contribution in [3.63, 3.8) is 0 Å². The second kappa shape index (κ2) is 6.89. The Morgan fingerprint density at radius 1 is 1.09 bits per heavy atom. The van der Waals surface area contributed by atoms with Gasteiger partial charge in [-0.3, -0.25) is 4.79 Å². The van der Waals surface area contributed by atoms with Gasteiger partial charge in [0.1, 0.15) is 11.6 Å². The predicted molar refractivity (Wildman–Crippen MR) is 77.1 cm³/mol. The van der Waals surface area contributed by atoms with E-state index >= 15 is 0 Å². The molecule has 2 aromatic carbocycles. The van der Waals surface area contributed by atoms with Crippen LogP contribution in [0.5, 0.6) is 11.5 Å². The molecule has 6 heteroatoms. The monoisotopic (exact) mass is 307 g/mol. The van der Waals surface area contributed by atoms with Crippen molar-refractivity contribution in [2.75, 3.05) is 14.2 Å². The van der Waals surface area contributed by atoms with Crippen LogP contribution in [0.1, 0.15) is 15.9 Å². The van der Waals surface area contributed by atoms with Crippen LogP contribution < -0.4 is 14.8 Å². The summed E-state index contributed by atoms with van der Waals surface area (Å²) in [6.07, 6.45) is 0. The van der Waals surface area contributed by atoms with Crippen LogP contribution in [0.15, 0.2) is 36.4 Å². The van der Waals surface area contributed by atoms with Gasteiger partial charge in [-0.1, -0.05) is 12.1 Å². The van der Waals surface area contributed by atoms with Gasteiger partial charge in [0.15, 0.2) is 11.5 Å². The molecule has 4 nitrogen and oxygen atoms in total. The number of rotatable bonds is 5. The number of carbonyl (C=O) groups is 1. The fourth-order valence-corrected chi connectivity index (χ4v) is 2.06. The smallest absolute Gasteiger partial charge is 0.251 e. The van der Waals surface area contributed by atoms with Crippen LogP contribution in [0.3, 0.4) is 0 Å². The maximum absolute atomic E-state index is 13.1. The highest BCUT2D eigenvalue weighted by molar-refractivity contribution is 5.94. The van der Waals surface area contributed by atoms with Crippen LogP contribution in [-0.4, -0.2) is 20.1 Å². The summed E-state index contributed by atoms with van der Waals surface area (Å²) in [5.74, 6) is -1.15. The van der Waals surface area contributed by atoms with Crippen LogP contribution in [-0.2, 0) is 6.54 Å². The summed E-state index contributed by atoms with van der Waals surface area (Å²) in [5, 5.41) is 2.59. The highest BCUT2D eigenvalue weighted by Gasteiger charge is 2.12. The van der Waals surface area contributed by atoms with Crippen molar-refractivity contribution < 1.29 is 23.0 Å². The quantitative estimate of drug-likeness (QED) is 0.924. The lowest BCUT2D eigenvalue weighted by Gasteiger charge is -2.13. The third-order valence-corrected chi connectivity index (χ3v) is 3.05. The molecule has 0 spiro atoms. The van der Waals surface area contributed by atoms with E-state index in [0.29, 0.717) is 23.1 Å². The third kappa shape index (κ3) is 3.52. The van der Waals surface area contributed by atoms with E-state index in [-0.39, 0.29) is 12.1 Å². The van der Waals surface area contributed by atoms with E-state index in [4.69, 9.17) is 9.47 Å². The Balaban J connectivity index is 2.14. The molecule has 116 valence electrons. The van der Waals surface area contributed by atoms with E-state index in [0.717, 1.165) is 12.1 Å². The lowest BCUT2D eigenvalue weighted by atomic mass is 10.1. The molecule has 0 aliphatic rings. The van der Waals surface area contributed by atoms with E-state index in [1.807, 2.05) is 0 Å². The zero-order valence-corrected chi connectivity index (χ0v) is 12.2. The molecule has 2 aromatic rings. The molecule has 0 radical (unpaired) electrons. The SMILES string of the molecule is COc1cccc(CNC(=O)c2cc(F)cc(F)c2)c1OC. The number of hydrogen-bond donors (Lipinski definition) is 1. The maximum Gasteiger partial charge on any atom is 0.251 e. The van der Waals surface area contributed by atoms with Gasteiger partial charge in [-0.2, -0.15) is 0 Å². The fraction of sp³-hybridized carbons (Fsp3) is 0.188. The first-order valence-electron chi connectivity index (χ1n) is 6.49. The van der Waals surface area contributed by atoms with E-state index < -0.39 is 17.5 Å². The first-order chi connectivity index (χ1) is 10.5. The number of methoxy groups -OCH3 is 2. The van der Waals surface area contributed by atoms with Gasteiger partial charge in [0.05, 0.1) is 14.2 Å². The molecule has 0 unspecified atom stereocenters. The number of carbonyl (C=O) groups excluding carboxylic acids is 1. The van der Waals surface area contributed by atoms with Gasteiger partial charge in [0.25, 0.3) is 5.91 Å². The molecular weight excluding hydrogens is 292 g/mol. The van der Waals surface area contributed by atoms with E-state index in [2.05, 4.69) is 5.32 Å². The molecule has 0 saturated heterocycles. The summed E-state index contributed by atoms with van der Waals surface area (Å²) < 4.78 is 36.6. The zero-order valence-electron chi connectivity index (χ0n) is 12.2. The van der Waals surface area contributed by atoms with E-state index in [1.54, 1.807) is 18.2 Å². The Labute approximate surface area is 126 Å². The minimum absolute atomic E-state index is 0.0839. The molecule has 0 saturated carbocycles. The van der Waals surface area contributed by atoms with Crippen molar-refractivity contribution in [2.45, 2.75) is 6.54 Å². The molecule has 0 heterocycles. The molecule has 0 bridgehead atoms. The molecule has 2 rings (SSSR count). The lowest BCUT2D eigenvalue weighted by molar-refractivity contribution is 0.0949. The number of para-hydroxylation sites is 1. The number of benzene rings is 2. The summed E-state index contributed by atoms with van der Waals surface area (Å²) in [7, 11) is 3.00. The third-order valence-electron chi connectivity index (χ3n) is 3.05. The standard InChI is InChI=1S/C16H15F2NO3/c1-21-14-5-3-4-10(15(14)22-2)9-19-16(20)11-6-12(17)8-13(18)7-11/h3-8H,9H2,1-2H3,(H,19,20). The largest absolute Gasteiger partial charge is 0.493 e. The molecular formula is C16H15F2NO3. The van der Waals surface area contributed by atoms with Gasteiger partial charge >= 0.3 is 0 Å². The highest BCUT2D eigenvalue weighted by Crippen LogP contribution is 2.30. The summed E-state index contributed by atoms with van der Waals surface area (Å²) in [6.45, 7) is 0.136. The average Bonchev–Trinajstić information content (AvgIpc) is 2.50. The topological polar surface area (TPSA) is 47.6 Å². The zero-order chi connectivity index (χ0) is 16.1. The minimum Gasteiger partial charge on any atom is -0.493 e. The molecule has 0 aliphatic heterocycles. The Hall–Kier alpha value is -2.63. The van der Waals surface area contributed by atoms with Crippen LogP contribution in [0.25, 0.3) is 0 Å². The van der Waals surface area contributed by atoms with Crippen molar-refractivity contribution in [3.8, 4) is 11.5 Å². The molecule has 22 heavy (non-hydrogen) atoms. The summed E-state index contributed by atoms with van der Waals surface area (Å²) >= 11 is 0. The van der Waals surface area contributed by atoms with Crippen molar-refractivity contribution in [3.05, 3.63) is 59.2 Å². The number of amides is 1. The van der Waals surface area contributed by atoms with Gasteiger partial charge in [-0.25, -0.2) is 8.78 Å². The first kappa shape index (κ1) is 15.8. The second-order valence-corrected chi connectivity index (χ2v) is 4.49. The molecule has 0 fully saturated rings. The van der Waals surface area contributed by atoms with Gasteiger partial charge in [0.2, 0.25) is 0 Å². The van der Waals surface area contributed by atoms with Crippen molar-refractivity contribution in [2.24, 2.45) is 0 Å². The average molecular weight is 307 g/mol. The lowest BCUT2D eigenvalue weighted by Crippen LogP contribution is -2.23. The van der Waals surface area contributed by atoms with Crippen LogP contribution >= 0.6 is 0 Å². The van der Waals surface area contributed by atoms with Gasteiger partial charge < -0.3 is 14.8 Å². The molecule has 0 atom stereocenters. The number of nitrogens with one attached hydrogen (secondary N) is 1. The van der Waals surface area contributed by atoms with Crippen molar-refractivity contribution in [1.82, 2.24) is 5.32 Å². The molecule has 0 aromatic heterocycles. The minimum atomic E-state index is -0.802. The Morgan fingerprint density at radius 2 is 1.77 bits per heavy atom. The van der Waals surface area contributed by atoms with Crippen molar-refractivity contribution >= 4 is 5.91 Å². The van der Waals surface area contributed by atoms with Crippen molar-refractivity contribution in [1.29, 1.82) is 0 Å². The fourth-order valence-electron chi connectivity index (χ4n) is 2.06. The molecule has 0 aliphatic carbocycles. The number of hydrogen-bond acceptors (Lipinski definition) is 3. The van der Waals surface area contributed by atoms with E-state index in [1.165, 1.54) is 14.2 Å². The summed E-state index contributed by atoms with van der Waals surface area (Å²) in [6, 6.07) is 7.90. The van der Waals surface area contributed by atoms with Gasteiger partial charge in [-0.15, -0.1) is 0 Å².